The molecule has 10 nitrogen and oxygen atoms in total. The number of nitrogens with two attached hydrogens (primary N) is 1. The summed E-state index contributed by atoms with van der Waals surface area (Å²) in [7, 11) is -4.13. The Morgan fingerprint density at radius 3 is 2.25 bits per heavy atom. The molecule has 0 unspecified atom stereocenters. The molecule has 32 heavy (non-hydrogen) atoms. The van der Waals surface area contributed by atoms with E-state index in [1.165, 1.54) is 30.3 Å². The molecule has 0 aromatic heterocycles. The Labute approximate surface area is 183 Å². The van der Waals surface area contributed by atoms with Crippen molar-refractivity contribution in [3.8, 4) is 0 Å². The molecule has 0 spiro atoms. The topological polar surface area (TPSA) is 148 Å². The van der Waals surface area contributed by atoms with E-state index in [2.05, 4.69) is 10.6 Å². The van der Waals surface area contributed by atoms with E-state index in [4.69, 9.17) is 10.5 Å². The van der Waals surface area contributed by atoms with Gasteiger partial charge in [-0.25, -0.2) is 12.8 Å². The maximum atomic E-state index is 14.3. The molecule has 0 atom stereocenters. The molecule has 0 aliphatic carbocycles. The maximum absolute atomic E-state index is 14.3. The number of benzene rings is 2. The van der Waals surface area contributed by atoms with Crippen LogP contribution in [0.4, 0.5) is 10.1 Å². The van der Waals surface area contributed by atoms with Crippen molar-refractivity contribution in [1.29, 1.82) is 0 Å². The number of carbonyl (C=O) groups is 3. The summed E-state index contributed by atoms with van der Waals surface area (Å²) in [6.45, 7) is 0.294. The Morgan fingerprint density at radius 1 is 1.00 bits per heavy atom. The van der Waals surface area contributed by atoms with Gasteiger partial charge in [0, 0.05) is 29.9 Å². The molecule has 1 aliphatic heterocycles. The first-order valence-corrected chi connectivity index (χ1v) is 11.0. The lowest BCUT2D eigenvalue weighted by Crippen LogP contribution is -2.41. The number of rotatable bonds is 7. The molecule has 2 aromatic carbocycles. The lowest BCUT2D eigenvalue weighted by molar-refractivity contribution is -0.117. The minimum atomic E-state index is -4.13. The summed E-state index contributed by atoms with van der Waals surface area (Å²) in [6.07, 6.45) is 0. The monoisotopic (exact) mass is 464 g/mol. The van der Waals surface area contributed by atoms with Crippen LogP contribution in [0, 0.1) is 5.82 Å². The average molecular weight is 464 g/mol. The molecule has 1 saturated heterocycles. The van der Waals surface area contributed by atoms with Crippen LogP contribution >= 0.6 is 0 Å². The van der Waals surface area contributed by atoms with E-state index >= 15 is 0 Å². The van der Waals surface area contributed by atoms with E-state index in [1.807, 2.05) is 0 Å². The van der Waals surface area contributed by atoms with E-state index in [1.54, 1.807) is 0 Å². The smallest absolute Gasteiger partial charge is 0.255 e. The van der Waals surface area contributed by atoms with Crippen LogP contribution < -0.4 is 16.4 Å². The number of hydrogen-bond donors (Lipinski definition) is 3. The normalized spacial score (nSPS) is 14.5. The summed E-state index contributed by atoms with van der Waals surface area (Å²) < 4.78 is 46.1. The molecule has 0 saturated carbocycles. The Hall–Kier alpha value is -3.35. The van der Waals surface area contributed by atoms with E-state index in [0.717, 1.165) is 16.4 Å². The average Bonchev–Trinajstić information content (AvgIpc) is 2.78. The number of primary amides is 1. The number of sulfonamides is 1. The van der Waals surface area contributed by atoms with Crippen LogP contribution in [0.25, 0.3) is 0 Å². The summed E-state index contributed by atoms with van der Waals surface area (Å²) in [5.74, 6) is -2.82. The highest BCUT2D eigenvalue weighted by Crippen LogP contribution is 2.22. The number of carbonyl (C=O) groups excluding carboxylic acids is 3. The zero-order valence-electron chi connectivity index (χ0n) is 16.8. The first kappa shape index (κ1) is 23.3. The summed E-state index contributed by atoms with van der Waals surface area (Å²) in [5, 5.41) is 4.89. The van der Waals surface area contributed by atoms with Crippen LogP contribution in [-0.2, 0) is 19.6 Å². The minimum Gasteiger partial charge on any atom is -0.379 e. The van der Waals surface area contributed by atoms with Gasteiger partial charge in [-0.15, -0.1) is 0 Å². The molecule has 1 heterocycles. The van der Waals surface area contributed by atoms with Crippen molar-refractivity contribution in [2.75, 3.05) is 38.2 Å². The molecular formula is C20H21FN4O6S. The predicted octanol–water partition coefficient (Wildman–Crippen LogP) is 0.314. The Bertz CT molecular complexity index is 1130. The van der Waals surface area contributed by atoms with Gasteiger partial charge < -0.3 is 21.1 Å². The standard InChI is InChI=1S/C20H21FN4O6S/c21-16-6-3-14(11-17(16)32(29,30)25-7-9-31-10-8-25)20(28)24-15-4-1-13(2-5-15)19(27)23-12-18(22)26/h1-6,11H,7-10,12H2,(H2,22,26)(H,23,27)(H,24,28). The number of ether oxygens (including phenoxy) is 1. The highest BCUT2D eigenvalue weighted by molar-refractivity contribution is 7.89. The van der Waals surface area contributed by atoms with Gasteiger partial charge in [0.25, 0.3) is 11.8 Å². The largest absolute Gasteiger partial charge is 0.379 e. The second-order valence-corrected chi connectivity index (χ2v) is 8.75. The predicted molar refractivity (Wildman–Crippen MR) is 112 cm³/mol. The van der Waals surface area contributed by atoms with Gasteiger partial charge in [-0.05, 0) is 42.5 Å². The first-order valence-electron chi connectivity index (χ1n) is 9.54. The highest BCUT2D eigenvalue weighted by atomic mass is 32.2. The number of nitrogens with one attached hydrogen (secondary N) is 2. The Balaban J connectivity index is 1.74. The third kappa shape index (κ3) is 5.46. The van der Waals surface area contributed by atoms with Crippen molar-refractivity contribution in [2.24, 2.45) is 5.73 Å². The number of nitrogens with zero attached hydrogens (tertiary/aromatic N) is 1. The van der Waals surface area contributed by atoms with E-state index in [9.17, 15) is 27.2 Å². The number of halogens is 1. The number of hydrogen-bond acceptors (Lipinski definition) is 6. The van der Waals surface area contributed by atoms with Crippen molar-refractivity contribution in [3.05, 3.63) is 59.4 Å². The second-order valence-electron chi connectivity index (χ2n) is 6.84. The quantitative estimate of drug-likeness (QED) is 0.537. The molecule has 170 valence electrons. The van der Waals surface area contributed by atoms with Crippen LogP contribution in [0.1, 0.15) is 20.7 Å². The van der Waals surface area contributed by atoms with Gasteiger partial charge in [-0.1, -0.05) is 0 Å². The maximum Gasteiger partial charge on any atom is 0.255 e. The van der Waals surface area contributed by atoms with Crippen LogP contribution in [0.2, 0.25) is 0 Å². The fraction of sp³-hybridized carbons (Fsp3) is 0.250. The molecule has 3 amide bonds. The van der Waals surface area contributed by atoms with Crippen LogP contribution in [-0.4, -0.2) is 63.3 Å². The van der Waals surface area contributed by atoms with E-state index in [-0.39, 0.29) is 44.0 Å². The Kier molecular flexibility index (Phi) is 7.18. The van der Waals surface area contributed by atoms with Crippen LogP contribution in [0.15, 0.2) is 47.4 Å². The molecule has 0 bridgehead atoms. The van der Waals surface area contributed by atoms with Crippen molar-refractivity contribution in [2.45, 2.75) is 4.90 Å². The van der Waals surface area contributed by atoms with Gasteiger partial charge in [0.05, 0.1) is 19.8 Å². The molecule has 2 aromatic rings. The second kappa shape index (κ2) is 9.85. The molecule has 0 radical (unpaired) electrons. The third-order valence-corrected chi connectivity index (χ3v) is 6.52. The van der Waals surface area contributed by atoms with Gasteiger partial charge in [0.1, 0.15) is 10.7 Å². The molecular weight excluding hydrogens is 443 g/mol. The van der Waals surface area contributed by atoms with Crippen molar-refractivity contribution in [3.63, 3.8) is 0 Å². The van der Waals surface area contributed by atoms with E-state index < -0.39 is 38.5 Å². The van der Waals surface area contributed by atoms with Gasteiger partial charge in [-0.3, -0.25) is 14.4 Å². The van der Waals surface area contributed by atoms with Crippen LogP contribution in [0.5, 0.6) is 0 Å². The van der Waals surface area contributed by atoms with Crippen LogP contribution in [0.3, 0.4) is 0 Å². The van der Waals surface area contributed by atoms with E-state index in [0.29, 0.717) is 5.69 Å². The highest BCUT2D eigenvalue weighted by Gasteiger charge is 2.29. The van der Waals surface area contributed by atoms with Gasteiger partial charge in [0.2, 0.25) is 15.9 Å². The van der Waals surface area contributed by atoms with Crippen molar-refractivity contribution in [1.82, 2.24) is 9.62 Å². The van der Waals surface area contributed by atoms with Crippen molar-refractivity contribution >= 4 is 33.4 Å². The van der Waals surface area contributed by atoms with Gasteiger partial charge in [0.15, 0.2) is 0 Å². The number of amides is 3. The minimum absolute atomic E-state index is 0.0542. The third-order valence-electron chi connectivity index (χ3n) is 4.61. The summed E-state index contributed by atoms with van der Waals surface area (Å²) >= 11 is 0. The van der Waals surface area contributed by atoms with Crippen molar-refractivity contribution < 1.29 is 31.9 Å². The molecule has 12 heteroatoms. The molecule has 1 aliphatic rings. The summed E-state index contributed by atoms with van der Waals surface area (Å²) in [6, 6.07) is 8.83. The molecule has 1 fully saturated rings. The SMILES string of the molecule is NC(=O)CNC(=O)c1ccc(NC(=O)c2ccc(F)c(S(=O)(=O)N3CCOCC3)c2)cc1. The fourth-order valence-corrected chi connectivity index (χ4v) is 4.44. The fourth-order valence-electron chi connectivity index (χ4n) is 2.95. The first-order chi connectivity index (χ1) is 15.2. The number of morpholine rings is 1. The summed E-state index contributed by atoms with van der Waals surface area (Å²) in [4.78, 5) is 34.6. The Morgan fingerprint density at radius 2 is 1.62 bits per heavy atom. The zero-order valence-corrected chi connectivity index (χ0v) is 17.7. The lowest BCUT2D eigenvalue weighted by atomic mass is 10.1. The van der Waals surface area contributed by atoms with Gasteiger partial charge in [-0.2, -0.15) is 4.31 Å². The zero-order chi connectivity index (χ0) is 23.3. The molecule has 4 N–H and O–H groups in total. The number of anilines is 1. The van der Waals surface area contributed by atoms with Gasteiger partial charge >= 0.3 is 0 Å². The summed E-state index contributed by atoms with van der Waals surface area (Å²) in [5.41, 5.74) is 5.48. The lowest BCUT2D eigenvalue weighted by Gasteiger charge is -2.26. The molecule has 3 rings (SSSR count).